The van der Waals surface area contributed by atoms with Gasteiger partial charge in [-0.15, -0.1) is 0 Å². The van der Waals surface area contributed by atoms with Gasteiger partial charge in [0.2, 0.25) is 0 Å². The Bertz CT molecular complexity index is 254. The van der Waals surface area contributed by atoms with E-state index in [0.29, 0.717) is 16.9 Å². The average molecular weight is 252 g/mol. The molecule has 0 aromatic heterocycles. The van der Waals surface area contributed by atoms with Crippen molar-refractivity contribution in [3.05, 3.63) is 0 Å². The summed E-state index contributed by atoms with van der Waals surface area (Å²) >= 11 is 0. The van der Waals surface area contributed by atoms with Crippen LogP contribution < -0.4 is 10.6 Å². The van der Waals surface area contributed by atoms with Gasteiger partial charge in [0.1, 0.15) is 0 Å². The lowest BCUT2D eigenvalue weighted by atomic mass is 9.77. The van der Waals surface area contributed by atoms with Gasteiger partial charge in [0.05, 0.1) is 0 Å². The quantitative estimate of drug-likeness (QED) is 0.784. The Balaban J connectivity index is 1.77. The van der Waals surface area contributed by atoms with Crippen molar-refractivity contribution in [1.29, 1.82) is 0 Å². The van der Waals surface area contributed by atoms with Crippen molar-refractivity contribution in [3.63, 3.8) is 0 Å². The van der Waals surface area contributed by atoms with E-state index >= 15 is 0 Å². The van der Waals surface area contributed by atoms with Crippen molar-refractivity contribution in [2.75, 3.05) is 19.6 Å². The van der Waals surface area contributed by atoms with Crippen LogP contribution in [0.25, 0.3) is 0 Å². The molecule has 1 atom stereocenters. The smallest absolute Gasteiger partial charge is 0.0243 e. The summed E-state index contributed by atoms with van der Waals surface area (Å²) in [5, 5.41) is 7.48. The van der Waals surface area contributed by atoms with Gasteiger partial charge in [0.15, 0.2) is 0 Å². The highest BCUT2D eigenvalue weighted by Gasteiger charge is 2.34. The van der Waals surface area contributed by atoms with Gasteiger partial charge < -0.3 is 10.6 Å². The molecular formula is C16H32N2. The highest BCUT2D eigenvalue weighted by Crippen LogP contribution is 2.40. The predicted octanol–water partition coefficient (Wildman–Crippen LogP) is 3.32. The van der Waals surface area contributed by atoms with Crippen molar-refractivity contribution in [2.24, 2.45) is 10.8 Å². The van der Waals surface area contributed by atoms with Crippen molar-refractivity contribution in [3.8, 4) is 0 Å². The number of hydrogen-bond acceptors (Lipinski definition) is 2. The molecule has 1 unspecified atom stereocenters. The molecule has 0 spiro atoms. The first-order valence-corrected chi connectivity index (χ1v) is 8.02. The van der Waals surface area contributed by atoms with Crippen molar-refractivity contribution < 1.29 is 0 Å². The molecule has 0 radical (unpaired) electrons. The third-order valence-corrected chi connectivity index (χ3v) is 5.59. The summed E-state index contributed by atoms with van der Waals surface area (Å²) in [5.74, 6) is 0. The van der Waals surface area contributed by atoms with E-state index < -0.39 is 0 Å². The van der Waals surface area contributed by atoms with Crippen LogP contribution in [0, 0.1) is 10.8 Å². The molecule has 2 rings (SSSR count). The van der Waals surface area contributed by atoms with Crippen molar-refractivity contribution in [1.82, 2.24) is 10.6 Å². The van der Waals surface area contributed by atoms with E-state index in [-0.39, 0.29) is 0 Å². The zero-order valence-electron chi connectivity index (χ0n) is 12.6. The van der Waals surface area contributed by atoms with Gasteiger partial charge in [-0.2, -0.15) is 0 Å². The van der Waals surface area contributed by atoms with Gasteiger partial charge in [0.25, 0.3) is 0 Å². The second kappa shape index (κ2) is 5.92. The SMILES string of the molecule is CCC1(CNCC2NCCCC2(C)C)CCCC1. The first-order chi connectivity index (χ1) is 8.58. The second-order valence-corrected chi connectivity index (χ2v) is 7.29. The summed E-state index contributed by atoms with van der Waals surface area (Å²) in [6, 6.07) is 0.654. The molecule has 106 valence electrons. The second-order valence-electron chi connectivity index (χ2n) is 7.29. The van der Waals surface area contributed by atoms with Gasteiger partial charge >= 0.3 is 0 Å². The summed E-state index contributed by atoms with van der Waals surface area (Å²) < 4.78 is 0. The maximum atomic E-state index is 3.78. The maximum Gasteiger partial charge on any atom is 0.0243 e. The monoisotopic (exact) mass is 252 g/mol. The fourth-order valence-corrected chi connectivity index (χ4v) is 3.88. The fourth-order valence-electron chi connectivity index (χ4n) is 3.88. The average Bonchev–Trinajstić information content (AvgIpc) is 2.81. The Morgan fingerprint density at radius 3 is 2.44 bits per heavy atom. The molecule has 1 aliphatic carbocycles. The van der Waals surface area contributed by atoms with Gasteiger partial charge in [-0.3, -0.25) is 0 Å². The topological polar surface area (TPSA) is 24.1 Å². The number of piperidine rings is 1. The molecule has 2 nitrogen and oxygen atoms in total. The molecule has 0 amide bonds. The molecule has 0 aromatic rings. The summed E-state index contributed by atoms with van der Waals surface area (Å²) in [6.07, 6.45) is 9.83. The van der Waals surface area contributed by atoms with E-state index in [0.717, 1.165) is 6.54 Å². The standard InChI is InChI=1S/C16H32N2/c1-4-16(9-5-6-10-16)13-17-12-14-15(2,3)8-7-11-18-14/h14,17-18H,4-13H2,1-3H3. The van der Waals surface area contributed by atoms with E-state index in [4.69, 9.17) is 0 Å². The molecule has 2 fully saturated rings. The lowest BCUT2D eigenvalue weighted by molar-refractivity contribution is 0.167. The van der Waals surface area contributed by atoms with Crippen LogP contribution in [0.3, 0.4) is 0 Å². The minimum atomic E-state index is 0.459. The lowest BCUT2D eigenvalue weighted by Gasteiger charge is -2.40. The number of rotatable bonds is 5. The van der Waals surface area contributed by atoms with E-state index in [9.17, 15) is 0 Å². The fraction of sp³-hybridized carbons (Fsp3) is 1.00. The summed E-state index contributed by atoms with van der Waals surface area (Å²) in [6.45, 7) is 10.8. The summed E-state index contributed by atoms with van der Waals surface area (Å²) in [4.78, 5) is 0. The maximum absolute atomic E-state index is 3.78. The molecule has 0 bridgehead atoms. The van der Waals surface area contributed by atoms with E-state index in [1.54, 1.807) is 0 Å². The number of hydrogen-bond donors (Lipinski definition) is 2. The minimum Gasteiger partial charge on any atom is -0.315 e. The van der Waals surface area contributed by atoms with Gasteiger partial charge in [-0.25, -0.2) is 0 Å². The molecule has 1 heterocycles. The zero-order chi connectivity index (χ0) is 13.1. The first-order valence-electron chi connectivity index (χ1n) is 8.02. The Morgan fingerprint density at radius 1 is 1.11 bits per heavy atom. The van der Waals surface area contributed by atoms with Crippen LogP contribution in [-0.2, 0) is 0 Å². The number of nitrogens with one attached hydrogen (secondary N) is 2. The Labute approximate surface area is 113 Å². The summed E-state index contributed by atoms with van der Waals surface area (Å²) in [5.41, 5.74) is 1.08. The zero-order valence-corrected chi connectivity index (χ0v) is 12.6. The van der Waals surface area contributed by atoms with Crippen LogP contribution in [0.4, 0.5) is 0 Å². The van der Waals surface area contributed by atoms with Crippen molar-refractivity contribution in [2.45, 2.75) is 71.8 Å². The van der Waals surface area contributed by atoms with Crippen LogP contribution in [0.5, 0.6) is 0 Å². The van der Waals surface area contributed by atoms with Crippen LogP contribution >= 0.6 is 0 Å². The van der Waals surface area contributed by atoms with E-state index in [2.05, 4.69) is 31.4 Å². The third kappa shape index (κ3) is 3.27. The molecular weight excluding hydrogens is 220 g/mol. The Kier molecular flexibility index (Phi) is 4.71. The molecule has 1 saturated heterocycles. The van der Waals surface area contributed by atoms with Gasteiger partial charge in [-0.05, 0) is 49.5 Å². The molecule has 2 heteroatoms. The Hall–Kier alpha value is -0.0800. The molecule has 18 heavy (non-hydrogen) atoms. The molecule has 0 aromatic carbocycles. The highest BCUT2D eigenvalue weighted by molar-refractivity contribution is 4.91. The molecule has 1 saturated carbocycles. The van der Waals surface area contributed by atoms with Crippen molar-refractivity contribution >= 4 is 0 Å². The Morgan fingerprint density at radius 2 is 1.83 bits per heavy atom. The largest absolute Gasteiger partial charge is 0.315 e. The van der Waals surface area contributed by atoms with Crippen LogP contribution in [0.1, 0.15) is 65.7 Å². The third-order valence-electron chi connectivity index (χ3n) is 5.59. The van der Waals surface area contributed by atoms with Gasteiger partial charge in [-0.1, -0.05) is 33.6 Å². The van der Waals surface area contributed by atoms with Crippen LogP contribution in [-0.4, -0.2) is 25.7 Å². The van der Waals surface area contributed by atoms with Gasteiger partial charge in [0, 0.05) is 19.1 Å². The minimum absolute atomic E-state index is 0.459. The molecule has 1 aliphatic heterocycles. The highest BCUT2D eigenvalue weighted by atomic mass is 15.0. The first kappa shape index (κ1) is 14.3. The normalized spacial score (nSPS) is 30.5. The molecule has 2 N–H and O–H groups in total. The predicted molar refractivity (Wildman–Crippen MR) is 78.9 cm³/mol. The molecule has 2 aliphatic rings. The van der Waals surface area contributed by atoms with E-state index in [1.165, 1.54) is 58.0 Å². The van der Waals surface area contributed by atoms with Crippen LogP contribution in [0.15, 0.2) is 0 Å². The van der Waals surface area contributed by atoms with E-state index in [1.807, 2.05) is 0 Å². The van der Waals surface area contributed by atoms with Crippen LogP contribution in [0.2, 0.25) is 0 Å². The summed E-state index contributed by atoms with van der Waals surface area (Å²) in [7, 11) is 0. The lowest BCUT2D eigenvalue weighted by Crippen LogP contribution is -2.53.